The lowest BCUT2D eigenvalue weighted by Gasteiger charge is -2.20. The maximum Gasteiger partial charge on any atom is 0.123 e. The number of hydrogen-bond donors (Lipinski definition) is 2. The van der Waals surface area contributed by atoms with Crippen molar-refractivity contribution in [2.24, 2.45) is 0 Å². The number of rotatable bonds is 11. The van der Waals surface area contributed by atoms with Crippen molar-refractivity contribution in [2.45, 2.75) is 18.9 Å². The summed E-state index contributed by atoms with van der Waals surface area (Å²) in [6, 6.07) is 25.7. The Morgan fingerprint density at radius 3 is 2.07 bits per heavy atom. The van der Waals surface area contributed by atoms with E-state index in [9.17, 15) is 4.39 Å². The van der Waals surface area contributed by atoms with Gasteiger partial charge < -0.3 is 15.4 Å². The second kappa shape index (κ2) is 11.3. The van der Waals surface area contributed by atoms with Crippen LogP contribution in [-0.2, 0) is 12.8 Å². The molecule has 0 aliphatic carbocycles. The quantitative estimate of drug-likeness (QED) is 0.470. The highest BCUT2D eigenvalue weighted by atomic mass is 19.1. The van der Waals surface area contributed by atoms with Gasteiger partial charge in [-0.3, -0.25) is 0 Å². The molecule has 1 unspecified atom stereocenters. The predicted molar refractivity (Wildman–Crippen MR) is 117 cm³/mol. The first-order valence-corrected chi connectivity index (χ1v) is 10.1. The summed E-state index contributed by atoms with van der Waals surface area (Å²) in [6.45, 7) is 2.60. The molecule has 4 heteroatoms. The highest BCUT2D eigenvalue weighted by Crippen LogP contribution is 2.13. The molecule has 3 rings (SSSR count). The predicted octanol–water partition coefficient (Wildman–Crippen LogP) is 4.54. The Morgan fingerprint density at radius 2 is 1.41 bits per heavy atom. The van der Waals surface area contributed by atoms with Crippen molar-refractivity contribution in [3.8, 4) is 5.75 Å². The number of nitrogens with one attached hydrogen (secondary N) is 2. The van der Waals surface area contributed by atoms with Gasteiger partial charge in [0, 0.05) is 12.6 Å². The third-order valence-corrected chi connectivity index (χ3v) is 5.02. The molecular weight excluding hydrogens is 363 g/mol. The highest BCUT2D eigenvalue weighted by Gasteiger charge is 2.10. The molecule has 0 fully saturated rings. The van der Waals surface area contributed by atoms with Gasteiger partial charge >= 0.3 is 0 Å². The van der Waals surface area contributed by atoms with Gasteiger partial charge in [0.1, 0.15) is 11.6 Å². The molecule has 3 aromatic rings. The van der Waals surface area contributed by atoms with Crippen molar-refractivity contribution in [3.05, 3.63) is 101 Å². The van der Waals surface area contributed by atoms with Crippen LogP contribution in [0.4, 0.5) is 4.39 Å². The molecule has 152 valence electrons. The molecule has 0 bridgehead atoms. The van der Waals surface area contributed by atoms with Gasteiger partial charge in [0.05, 0.1) is 7.11 Å². The Bertz CT molecular complexity index is 835. The van der Waals surface area contributed by atoms with Crippen molar-refractivity contribution in [1.29, 1.82) is 0 Å². The van der Waals surface area contributed by atoms with Crippen molar-refractivity contribution >= 4 is 0 Å². The number of ether oxygens (including phenoxy) is 1. The van der Waals surface area contributed by atoms with E-state index in [1.54, 1.807) is 7.11 Å². The molecule has 2 N–H and O–H groups in total. The van der Waals surface area contributed by atoms with E-state index in [0.717, 1.165) is 43.8 Å². The molecule has 0 radical (unpaired) electrons. The van der Waals surface area contributed by atoms with E-state index in [4.69, 9.17) is 4.74 Å². The van der Waals surface area contributed by atoms with Crippen LogP contribution in [0.25, 0.3) is 0 Å². The van der Waals surface area contributed by atoms with Crippen LogP contribution in [0.1, 0.15) is 22.7 Å². The largest absolute Gasteiger partial charge is 0.497 e. The summed E-state index contributed by atoms with van der Waals surface area (Å²) in [5.41, 5.74) is 3.69. The standard InChI is InChI=1S/C25H29FN2O/c1-29-24-13-9-21(10-14-24)15-17-27-19-25(22-5-3-2-4-6-22)28-18-16-20-7-11-23(26)12-8-20/h2-14,25,27-28H,15-19H2,1H3. The SMILES string of the molecule is COc1ccc(CCNCC(NCCc2ccc(F)cc2)c2ccccc2)cc1. The van der Waals surface area contributed by atoms with E-state index in [2.05, 4.69) is 47.0 Å². The molecule has 0 heterocycles. The van der Waals surface area contributed by atoms with E-state index >= 15 is 0 Å². The second-order valence-electron chi connectivity index (χ2n) is 7.10. The van der Waals surface area contributed by atoms with Crippen LogP contribution in [-0.4, -0.2) is 26.7 Å². The van der Waals surface area contributed by atoms with Crippen LogP contribution >= 0.6 is 0 Å². The molecule has 0 saturated carbocycles. The smallest absolute Gasteiger partial charge is 0.123 e. The van der Waals surface area contributed by atoms with Crippen molar-refractivity contribution in [2.75, 3.05) is 26.7 Å². The van der Waals surface area contributed by atoms with Gasteiger partial charge in [-0.1, -0.05) is 54.6 Å². The van der Waals surface area contributed by atoms with E-state index in [-0.39, 0.29) is 11.9 Å². The minimum Gasteiger partial charge on any atom is -0.497 e. The third-order valence-electron chi connectivity index (χ3n) is 5.02. The van der Waals surface area contributed by atoms with E-state index in [1.807, 2.05) is 30.3 Å². The summed E-state index contributed by atoms with van der Waals surface area (Å²) in [7, 11) is 1.68. The summed E-state index contributed by atoms with van der Waals surface area (Å²) >= 11 is 0. The molecule has 0 aromatic heterocycles. The zero-order valence-electron chi connectivity index (χ0n) is 16.9. The third kappa shape index (κ3) is 7.00. The van der Waals surface area contributed by atoms with Crippen LogP contribution in [0.2, 0.25) is 0 Å². The maximum atomic E-state index is 13.1. The van der Waals surface area contributed by atoms with Gasteiger partial charge in [-0.05, 0) is 66.9 Å². The van der Waals surface area contributed by atoms with Crippen LogP contribution in [0.3, 0.4) is 0 Å². The molecule has 1 atom stereocenters. The average molecular weight is 393 g/mol. The first kappa shape index (κ1) is 21.0. The molecule has 0 aliphatic rings. The number of hydrogen-bond acceptors (Lipinski definition) is 3. The Morgan fingerprint density at radius 1 is 0.793 bits per heavy atom. The lowest BCUT2D eigenvalue weighted by atomic mass is 10.1. The molecule has 0 saturated heterocycles. The molecular formula is C25H29FN2O. The molecule has 0 aliphatic heterocycles. The second-order valence-corrected chi connectivity index (χ2v) is 7.10. The van der Waals surface area contributed by atoms with Crippen molar-refractivity contribution in [3.63, 3.8) is 0 Å². The summed E-state index contributed by atoms with van der Waals surface area (Å²) in [5.74, 6) is 0.695. The van der Waals surface area contributed by atoms with Crippen LogP contribution in [0.5, 0.6) is 5.75 Å². The zero-order chi connectivity index (χ0) is 20.3. The van der Waals surface area contributed by atoms with Gasteiger partial charge in [-0.2, -0.15) is 0 Å². The van der Waals surface area contributed by atoms with Gasteiger partial charge in [-0.15, -0.1) is 0 Å². The summed E-state index contributed by atoms with van der Waals surface area (Å²) in [5, 5.41) is 7.21. The molecule has 3 aromatic carbocycles. The molecule has 29 heavy (non-hydrogen) atoms. The first-order chi connectivity index (χ1) is 14.2. The topological polar surface area (TPSA) is 33.3 Å². The van der Waals surface area contributed by atoms with Crippen molar-refractivity contribution < 1.29 is 9.13 Å². The fraction of sp³-hybridized carbons (Fsp3) is 0.280. The monoisotopic (exact) mass is 392 g/mol. The van der Waals surface area contributed by atoms with E-state index in [1.165, 1.54) is 23.3 Å². The van der Waals surface area contributed by atoms with Crippen LogP contribution < -0.4 is 15.4 Å². The fourth-order valence-corrected chi connectivity index (χ4v) is 3.31. The van der Waals surface area contributed by atoms with Crippen LogP contribution in [0, 0.1) is 5.82 Å². The summed E-state index contributed by atoms with van der Waals surface area (Å²) in [6.07, 6.45) is 1.84. The highest BCUT2D eigenvalue weighted by molar-refractivity contribution is 5.27. The van der Waals surface area contributed by atoms with Crippen molar-refractivity contribution in [1.82, 2.24) is 10.6 Å². The Balaban J connectivity index is 1.48. The maximum absolute atomic E-state index is 13.1. The minimum absolute atomic E-state index is 0.190. The normalized spacial score (nSPS) is 11.9. The number of halogens is 1. The lowest BCUT2D eigenvalue weighted by molar-refractivity contribution is 0.414. The Hall–Kier alpha value is -2.69. The summed E-state index contributed by atoms with van der Waals surface area (Å²) in [4.78, 5) is 0. The molecule has 0 amide bonds. The van der Waals surface area contributed by atoms with Crippen LogP contribution in [0.15, 0.2) is 78.9 Å². The minimum atomic E-state index is -0.190. The average Bonchev–Trinajstić information content (AvgIpc) is 2.77. The van der Waals surface area contributed by atoms with Gasteiger partial charge in [0.15, 0.2) is 0 Å². The molecule has 0 spiro atoms. The van der Waals surface area contributed by atoms with Gasteiger partial charge in [-0.25, -0.2) is 4.39 Å². The summed E-state index contributed by atoms with van der Waals surface area (Å²) < 4.78 is 18.3. The van der Waals surface area contributed by atoms with Gasteiger partial charge in [0.25, 0.3) is 0 Å². The van der Waals surface area contributed by atoms with Gasteiger partial charge in [0.2, 0.25) is 0 Å². The number of benzene rings is 3. The first-order valence-electron chi connectivity index (χ1n) is 10.1. The number of methoxy groups -OCH3 is 1. The van der Waals surface area contributed by atoms with E-state index < -0.39 is 0 Å². The van der Waals surface area contributed by atoms with E-state index in [0.29, 0.717) is 0 Å². The Labute approximate surface area is 172 Å². The Kier molecular flexibility index (Phi) is 8.23. The zero-order valence-corrected chi connectivity index (χ0v) is 16.9. The lowest BCUT2D eigenvalue weighted by Crippen LogP contribution is -2.33. The molecule has 3 nitrogen and oxygen atoms in total. The fourth-order valence-electron chi connectivity index (χ4n) is 3.31.